The molecule has 0 saturated heterocycles. The fraction of sp³-hybridized carbons (Fsp3) is 0.500. The first-order valence-corrected chi connectivity index (χ1v) is 14.9. The Kier molecular flexibility index (Phi) is 10.3. The summed E-state index contributed by atoms with van der Waals surface area (Å²) in [5.41, 5.74) is 4.30. The molecule has 2 aromatic heterocycles. The third kappa shape index (κ3) is 7.49. The molecule has 0 aliphatic carbocycles. The number of fused-ring (bicyclic) bond motifs is 2. The summed E-state index contributed by atoms with van der Waals surface area (Å²) < 4.78 is 0. The van der Waals surface area contributed by atoms with Gasteiger partial charge in [-0.2, -0.15) is 0 Å². The smallest absolute Gasteiger partial charge is 0.137 e. The van der Waals surface area contributed by atoms with Crippen molar-refractivity contribution in [3.8, 4) is 0 Å². The summed E-state index contributed by atoms with van der Waals surface area (Å²) in [5, 5.41) is 9.12. The van der Waals surface area contributed by atoms with Gasteiger partial charge in [0.15, 0.2) is 0 Å². The number of rotatable bonds is 15. The predicted molar refractivity (Wildman–Crippen MR) is 171 cm³/mol. The van der Waals surface area contributed by atoms with Gasteiger partial charge in [-0.15, -0.1) is 0 Å². The van der Waals surface area contributed by atoms with Gasteiger partial charge in [0, 0.05) is 61.4 Å². The van der Waals surface area contributed by atoms with E-state index in [4.69, 9.17) is 0 Å². The van der Waals surface area contributed by atoms with Crippen LogP contribution in [0.3, 0.4) is 0 Å². The van der Waals surface area contributed by atoms with Crippen molar-refractivity contribution in [3.05, 3.63) is 49.1 Å². The van der Waals surface area contributed by atoms with Gasteiger partial charge in [-0.25, -0.2) is 19.9 Å². The average Bonchev–Trinajstić information content (AvgIpc) is 2.95. The Labute approximate surface area is 239 Å². The molecule has 0 unspecified atom stereocenters. The minimum absolute atomic E-state index is 0.657. The lowest BCUT2D eigenvalue weighted by atomic mass is 10.1. The van der Waals surface area contributed by atoms with Crippen LogP contribution in [-0.2, 0) is 0 Å². The van der Waals surface area contributed by atoms with Crippen molar-refractivity contribution in [2.24, 2.45) is 11.8 Å². The molecule has 0 fully saturated rings. The lowest BCUT2D eigenvalue weighted by Crippen LogP contribution is -2.35. The third-order valence-electron chi connectivity index (χ3n) is 7.40. The van der Waals surface area contributed by atoms with Crippen molar-refractivity contribution < 1.29 is 0 Å². The first kappa shape index (κ1) is 29.3. The van der Waals surface area contributed by atoms with E-state index in [0.717, 1.165) is 85.6 Å². The molecule has 2 heterocycles. The molecule has 0 saturated carbocycles. The second-order valence-corrected chi connectivity index (χ2v) is 11.2. The molecule has 214 valence electrons. The lowest BCUT2D eigenvalue weighted by molar-refractivity contribution is 0.606. The highest BCUT2D eigenvalue weighted by molar-refractivity contribution is 5.92. The Morgan fingerprint density at radius 3 is 1.43 bits per heavy atom. The Bertz CT molecular complexity index is 1260. The first-order chi connectivity index (χ1) is 19.4. The standard InChI is InChI=1S/C32H46N8/c1-7-39(25-9-11-27-29(19-25)35-21-37-31(27)33-15-13-23(3)4)17-18-40(8-2)26-10-12-28-30(20-26)36-22-38-32(28)34-16-14-24(5)6/h9-12,19-24H,7-8,13-18H2,1-6H3,(H,33,35,37)(H,34,36,38). The number of hydrogen-bond donors (Lipinski definition) is 2. The summed E-state index contributed by atoms with van der Waals surface area (Å²) in [4.78, 5) is 23.0. The molecule has 2 aromatic carbocycles. The highest BCUT2D eigenvalue weighted by Crippen LogP contribution is 2.27. The Morgan fingerprint density at radius 1 is 0.625 bits per heavy atom. The van der Waals surface area contributed by atoms with Gasteiger partial charge in [-0.1, -0.05) is 27.7 Å². The fourth-order valence-corrected chi connectivity index (χ4v) is 4.91. The van der Waals surface area contributed by atoms with Crippen LogP contribution in [0.5, 0.6) is 0 Å². The molecule has 0 aliphatic heterocycles. The van der Waals surface area contributed by atoms with E-state index < -0.39 is 0 Å². The molecule has 0 atom stereocenters. The Hall–Kier alpha value is -3.68. The van der Waals surface area contributed by atoms with Crippen molar-refractivity contribution in [1.82, 2.24) is 19.9 Å². The predicted octanol–water partition coefficient (Wildman–Crippen LogP) is 6.84. The molecule has 0 amide bonds. The maximum atomic E-state index is 4.58. The summed E-state index contributed by atoms with van der Waals surface area (Å²) >= 11 is 0. The van der Waals surface area contributed by atoms with E-state index in [0.29, 0.717) is 11.8 Å². The average molecular weight is 543 g/mol. The van der Waals surface area contributed by atoms with Crippen molar-refractivity contribution in [2.75, 3.05) is 59.7 Å². The van der Waals surface area contributed by atoms with Crippen molar-refractivity contribution in [1.29, 1.82) is 0 Å². The van der Waals surface area contributed by atoms with Gasteiger partial charge in [-0.3, -0.25) is 0 Å². The van der Waals surface area contributed by atoms with Gasteiger partial charge >= 0.3 is 0 Å². The van der Waals surface area contributed by atoms with E-state index in [-0.39, 0.29) is 0 Å². The van der Waals surface area contributed by atoms with E-state index >= 15 is 0 Å². The van der Waals surface area contributed by atoms with E-state index in [1.165, 1.54) is 11.4 Å². The third-order valence-corrected chi connectivity index (χ3v) is 7.40. The lowest BCUT2D eigenvalue weighted by Gasteiger charge is -2.29. The molecule has 4 rings (SSSR count). The highest BCUT2D eigenvalue weighted by Gasteiger charge is 2.13. The minimum atomic E-state index is 0.657. The molecule has 2 N–H and O–H groups in total. The maximum absolute atomic E-state index is 4.58. The van der Waals surface area contributed by atoms with E-state index in [2.05, 4.69) is 118 Å². The normalized spacial score (nSPS) is 11.5. The number of likely N-dealkylation sites (N-methyl/N-ethyl adjacent to an activating group) is 2. The van der Waals surface area contributed by atoms with Gasteiger partial charge in [0.2, 0.25) is 0 Å². The molecule has 40 heavy (non-hydrogen) atoms. The SMILES string of the molecule is CCN(CCN(CC)c1ccc2c(NCCC(C)C)ncnc2c1)c1ccc2c(NCCC(C)C)ncnc2c1. The van der Waals surface area contributed by atoms with Crippen LogP contribution < -0.4 is 20.4 Å². The molecular formula is C32H46N8. The molecular weight excluding hydrogens is 496 g/mol. The molecule has 0 radical (unpaired) electrons. The summed E-state index contributed by atoms with van der Waals surface area (Å²) in [6, 6.07) is 13.1. The molecule has 4 aromatic rings. The van der Waals surface area contributed by atoms with Crippen LogP contribution >= 0.6 is 0 Å². The Morgan fingerprint density at radius 2 is 1.05 bits per heavy atom. The number of benzene rings is 2. The van der Waals surface area contributed by atoms with Crippen molar-refractivity contribution >= 4 is 44.8 Å². The van der Waals surface area contributed by atoms with Crippen LogP contribution in [0, 0.1) is 11.8 Å². The zero-order valence-electron chi connectivity index (χ0n) is 25.1. The molecule has 0 aliphatic rings. The minimum Gasteiger partial charge on any atom is -0.370 e. The van der Waals surface area contributed by atoms with Gasteiger partial charge in [0.05, 0.1) is 11.0 Å². The number of nitrogens with zero attached hydrogens (tertiary/aromatic N) is 6. The van der Waals surface area contributed by atoms with E-state index in [1.54, 1.807) is 12.7 Å². The fourth-order valence-electron chi connectivity index (χ4n) is 4.91. The summed E-state index contributed by atoms with van der Waals surface area (Å²) in [6.45, 7) is 18.9. The van der Waals surface area contributed by atoms with Gasteiger partial charge in [0.25, 0.3) is 0 Å². The van der Waals surface area contributed by atoms with Crippen LogP contribution in [0.15, 0.2) is 49.1 Å². The van der Waals surface area contributed by atoms with Crippen LogP contribution in [0.1, 0.15) is 54.4 Å². The van der Waals surface area contributed by atoms with Crippen LogP contribution in [-0.4, -0.2) is 59.2 Å². The summed E-state index contributed by atoms with van der Waals surface area (Å²) in [7, 11) is 0. The van der Waals surface area contributed by atoms with Crippen molar-refractivity contribution in [2.45, 2.75) is 54.4 Å². The largest absolute Gasteiger partial charge is 0.370 e. The van der Waals surface area contributed by atoms with Gasteiger partial charge < -0.3 is 20.4 Å². The van der Waals surface area contributed by atoms with Gasteiger partial charge in [-0.05, 0) is 74.9 Å². The first-order valence-electron chi connectivity index (χ1n) is 14.9. The van der Waals surface area contributed by atoms with Crippen molar-refractivity contribution in [3.63, 3.8) is 0 Å². The molecule has 0 spiro atoms. The summed E-state index contributed by atoms with van der Waals surface area (Å²) in [6.07, 6.45) is 5.55. The summed E-state index contributed by atoms with van der Waals surface area (Å²) in [5.74, 6) is 3.14. The zero-order chi connectivity index (χ0) is 28.5. The molecule has 8 heteroatoms. The quantitative estimate of drug-likeness (QED) is 0.169. The highest BCUT2D eigenvalue weighted by atomic mass is 15.2. The number of aromatic nitrogens is 4. The van der Waals surface area contributed by atoms with Gasteiger partial charge in [0.1, 0.15) is 24.3 Å². The second-order valence-electron chi connectivity index (χ2n) is 11.2. The second kappa shape index (κ2) is 14.1. The zero-order valence-corrected chi connectivity index (χ0v) is 25.1. The van der Waals surface area contributed by atoms with Crippen LogP contribution in [0.25, 0.3) is 21.8 Å². The number of nitrogens with one attached hydrogen (secondary N) is 2. The van der Waals surface area contributed by atoms with E-state index in [9.17, 15) is 0 Å². The molecule has 0 bridgehead atoms. The van der Waals surface area contributed by atoms with E-state index in [1.807, 2.05) is 0 Å². The number of anilines is 4. The topological polar surface area (TPSA) is 82.1 Å². The van der Waals surface area contributed by atoms with Crippen LogP contribution in [0.2, 0.25) is 0 Å². The monoisotopic (exact) mass is 542 g/mol. The molecule has 8 nitrogen and oxygen atoms in total. The number of hydrogen-bond acceptors (Lipinski definition) is 8. The Balaban J connectivity index is 1.45. The maximum Gasteiger partial charge on any atom is 0.137 e. The van der Waals surface area contributed by atoms with Crippen LogP contribution in [0.4, 0.5) is 23.0 Å².